The van der Waals surface area contributed by atoms with Crippen molar-refractivity contribution in [2.24, 2.45) is 5.92 Å². The molecule has 1 saturated heterocycles. The molecule has 0 radical (unpaired) electrons. The van der Waals surface area contributed by atoms with Gasteiger partial charge in [0, 0.05) is 6.42 Å². The fourth-order valence-electron chi connectivity index (χ4n) is 2.19. The zero-order chi connectivity index (χ0) is 9.64. The molecule has 0 amide bonds. The fourth-order valence-corrected chi connectivity index (χ4v) is 2.19. The smallest absolute Gasteiger partial charge is 0.103 e. The molecule has 1 aliphatic heterocycles. The predicted molar refractivity (Wildman–Crippen MR) is 57.2 cm³/mol. The van der Waals surface area contributed by atoms with Gasteiger partial charge in [0.15, 0.2) is 0 Å². The quantitative estimate of drug-likeness (QED) is 0.795. The largest absolute Gasteiger partial charge is 0.469 e. The first-order chi connectivity index (χ1) is 6.95. The Morgan fingerprint density at radius 2 is 2.50 bits per heavy atom. The lowest BCUT2D eigenvalue weighted by Crippen LogP contribution is -2.29. The highest BCUT2D eigenvalue weighted by Gasteiger charge is 2.12. The summed E-state index contributed by atoms with van der Waals surface area (Å²) in [6.07, 6.45) is 8.23. The van der Waals surface area contributed by atoms with Gasteiger partial charge in [-0.2, -0.15) is 0 Å². The van der Waals surface area contributed by atoms with Crippen molar-refractivity contribution in [3.8, 4) is 0 Å². The van der Waals surface area contributed by atoms with E-state index in [-0.39, 0.29) is 0 Å². The van der Waals surface area contributed by atoms with Crippen LogP contribution >= 0.6 is 0 Å². The zero-order valence-electron chi connectivity index (χ0n) is 8.67. The molecule has 2 nitrogen and oxygen atoms in total. The monoisotopic (exact) mass is 193 g/mol. The minimum Gasteiger partial charge on any atom is -0.469 e. The molecule has 1 N–H and O–H groups in total. The summed E-state index contributed by atoms with van der Waals surface area (Å²) in [6, 6.07) is 4.04. The fraction of sp³-hybridized carbons (Fsp3) is 0.667. The van der Waals surface area contributed by atoms with E-state index < -0.39 is 0 Å². The van der Waals surface area contributed by atoms with Crippen LogP contribution in [0.4, 0.5) is 0 Å². The van der Waals surface area contributed by atoms with Crippen LogP contribution in [0.25, 0.3) is 0 Å². The van der Waals surface area contributed by atoms with E-state index in [4.69, 9.17) is 4.42 Å². The number of aryl methyl sites for hydroxylation is 1. The Labute approximate surface area is 85.7 Å². The molecular weight excluding hydrogens is 174 g/mol. The van der Waals surface area contributed by atoms with E-state index in [9.17, 15) is 0 Å². The molecule has 2 rings (SSSR count). The second-order valence-corrected chi connectivity index (χ2v) is 4.18. The van der Waals surface area contributed by atoms with E-state index in [1.807, 2.05) is 6.07 Å². The van der Waals surface area contributed by atoms with Crippen LogP contribution in [0.5, 0.6) is 0 Å². The molecule has 0 unspecified atom stereocenters. The first kappa shape index (κ1) is 9.78. The average Bonchev–Trinajstić information content (AvgIpc) is 2.72. The van der Waals surface area contributed by atoms with Gasteiger partial charge in [-0.3, -0.25) is 0 Å². The van der Waals surface area contributed by atoms with Crippen LogP contribution in [0.2, 0.25) is 0 Å². The number of furan rings is 1. The number of hydrogen-bond acceptors (Lipinski definition) is 2. The van der Waals surface area contributed by atoms with Crippen molar-refractivity contribution in [2.45, 2.75) is 32.1 Å². The molecular formula is C12H19NO. The van der Waals surface area contributed by atoms with Crippen LogP contribution in [0.1, 0.15) is 31.4 Å². The Bertz CT molecular complexity index is 237. The van der Waals surface area contributed by atoms with Gasteiger partial charge in [0.25, 0.3) is 0 Å². The number of hydrogen-bond donors (Lipinski definition) is 1. The highest BCUT2D eigenvalue weighted by molar-refractivity contribution is 4.97. The molecule has 0 saturated carbocycles. The molecule has 1 aromatic heterocycles. The van der Waals surface area contributed by atoms with Crippen LogP contribution in [-0.2, 0) is 6.42 Å². The summed E-state index contributed by atoms with van der Waals surface area (Å²) in [5.41, 5.74) is 0. The highest BCUT2D eigenvalue weighted by Crippen LogP contribution is 2.17. The Morgan fingerprint density at radius 3 is 3.21 bits per heavy atom. The minimum absolute atomic E-state index is 0.902. The first-order valence-corrected chi connectivity index (χ1v) is 5.68. The van der Waals surface area contributed by atoms with Gasteiger partial charge in [0.1, 0.15) is 5.76 Å². The van der Waals surface area contributed by atoms with Crippen molar-refractivity contribution in [3.63, 3.8) is 0 Å². The van der Waals surface area contributed by atoms with Crippen LogP contribution in [0.3, 0.4) is 0 Å². The van der Waals surface area contributed by atoms with Crippen molar-refractivity contribution < 1.29 is 4.42 Å². The summed E-state index contributed by atoms with van der Waals surface area (Å²) in [5, 5.41) is 3.46. The number of rotatable bonds is 4. The van der Waals surface area contributed by atoms with Gasteiger partial charge in [-0.05, 0) is 56.8 Å². The Balaban J connectivity index is 1.62. The van der Waals surface area contributed by atoms with Crippen molar-refractivity contribution in [3.05, 3.63) is 24.2 Å². The second-order valence-electron chi connectivity index (χ2n) is 4.18. The standard InChI is InChI=1S/C12H19NO/c1(6-12-7-3-9-14-12)4-11-5-2-8-13-10-11/h3,7,9,11,13H,1-2,4-6,8,10H2/t11-/m0/s1. The normalized spacial score (nSPS) is 22.4. The van der Waals surface area contributed by atoms with Crippen LogP contribution in [-0.4, -0.2) is 13.1 Å². The van der Waals surface area contributed by atoms with E-state index in [1.165, 1.54) is 38.8 Å². The van der Waals surface area contributed by atoms with E-state index in [2.05, 4.69) is 11.4 Å². The maximum absolute atomic E-state index is 5.31. The van der Waals surface area contributed by atoms with E-state index in [0.717, 1.165) is 18.1 Å². The van der Waals surface area contributed by atoms with E-state index in [0.29, 0.717) is 0 Å². The Hall–Kier alpha value is -0.760. The molecule has 1 fully saturated rings. The Morgan fingerprint density at radius 1 is 1.50 bits per heavy atom. The first-order valence-electron chi connectivity index (χ1n) is 5.68. The third-order valence-corrected chi connectivity index (χ3v) is 3.01. The SMILES string of the molecule is c1coc(CCC[C@H]2CCCNC2)c1. The lowest BCUT2D eigenvalue weighted by Gasteiger charge is -2.22. The molecule has 1 atom stereocenters. The van der Waals surface area contributed by atoms with Gasteiger partial charge in [-0.15, -0.1) is 0 Å². The molecule has 0 aliphatic carbocycles. The maximum atomic E-state index is 5.31. The van der Waals surface area contributed by atoms with E-state index in [1.54, 1.807) is 6.26 Å². The lowest BCUT2D eigenvalue weighted by atomic mass is 9.94. The summed E-state index contributed by atoms with van der Waals surface area (Å²) in [5.74, 6) is 2.03. The molecule has 2 heteroatoms. The van der Waals surface area contributed by atoms with Crippen molar-refractivity contribution in [1.82, 2.24) is 5.32 Å². The second kappa shape index (κ2) is 5.20. The summed E-state index contributed by atoms with van der Waals surface area (Å²) in [4.78, 5) is 0. The molecule has 2 heterocycles. The number of nitrogens with one attached hydrogen (secondary N) is 1. The molecule has 0 aromatic carbocycles. The summed E-state index contributed by atoms with van der Waals surface area (Å²) < 4.78 is 5.31. The van der Waals surface area contributed by atoms with Crippen molar-refractivity contribution in [1.29, 1.82) is 0 Å². The zero-order valence-corrected chi connectivity index (χ0v) is 8.67. The number of piperidine rings is 1. The van der Waals surface area contributed by atoms with Gasteiger partial charge in [-0.25, -0.2) is 0 Å². The van der Waals surface area contributed by atoms with E-state index >= 15 is 0 Å². The van der Waals surface area contributed by atoms with Gasteiger partial charge >= 0.3 is 0 Å². The third-order valence-electron chi connectivity index (χ3n) is 3.01. The van der Waals surface area contributed by atoms with Crippen LogP contribution in [0.15, 0.2) is 22.8 Å². The lowest BCUT2D eigenvalue weighted by molar-refractivity contribution is 0.346. The predicted octanol–water partition coefficient (Wildman–Crippen LogP) is 2.60. The van der Waals surface area contributed by atoms with Gasteiger partial charge in [0.05, 0.1) is 6.26 Å². The topological polar surface area (TPSA) is 25.2 Å². The highest BCUT2D eigenvalue weighted by atomic mass is 16.3. The third kappa shape index (κ3) is 2.88. The van der Waals surface area contributed by atoms with Crippen molar-refractivity contribution in [2.75, 3.05) is 13.1 Å². The minimum atomic E-state index is 0.902. The molecule has 1 aliphatic rings. The average molecular weight is 193 g/mol. The molecule has 0 spiro atoms. The summed E-state index contributed by atoms with van der Waals surface area (Å²) in [7, 11) is 0. The summed E-state index contributed by atoms with van der Waals surface area (Å²) >= 11 is 0. The van der Waals surface area contributed by atoms with Crippen LogP contribution in [0, 0.1) is 5.92 Å². The molecule has 14 heavy (non-hydrogen) atoms. The molecule has 1 aromatic rings. The molecule has 78 valence electrons. The Kier molecular flexibility index (Phi) is 3.64. The van der Waals surface area contributed by atoms with Crippen LogP contribution < -0.4 is 5.32 Å². The van der Waals surface area contributed by atoms with Gasteiger partial charge in [0.2, 0.25) is 0 Å². The maximum Gasteiger partial charge on any atom is 0.103 e. The summed E-state index contributed by atoms with van der Waals surface area (Å²) in [6.45, 7) is 2.44. The van der Waals surface area contributed by atoms with Crippen molar-refractivity contribution >= 4 is 0 Å². The van der Waals surface area contributed by atoms with Gasteiger partial charge in [-0.1, -0.05) is 0 Å². The van der Waals surface area contributed by atoms with Gasteiger partial charge < -0.3 is 9.73 Å². The molecule has 0 bridgehead atoms.